The lowest BCUT2D eigenvalue weighted by molar-refractivity contribution is -0.115. The molecule has 1 heterocycles. The van der Waals surface area contributed by atoms with Crippen molar-refractivity contribution in [3.05, 3.63) is 75.9 Å². The molecule has 0 radical (unpaired) electrons. The molecule has 0 aliphatic heterocycles. The van der Waals surface area contributed by atoms with Gasteiger partial charge < -0.3 is 10.1 Å². The molecule has 0 aliphatic rings. The number of methoxy groups -OCH3 is 1. The second kappa shape index (κ2) is 8.59. The summed E-state index contributed by atoms with van der Waals surface area (Å²) in [6.45, 7) is 0.360. The SMILES string of the molecule is COC(=O)c1nnn(Cc2ccccc2)c1NC(=O)Cc1ccc(Br)cc1. The van der Waals surface area contributed by atoms with Gasteiger partial charge in [-0.15, -0.1) is 5.10 Å². The Morgan fingerprint density at radius 1 is 1.07 bits per heavy atom. The Balaban J connectivity index is 1.82. The molecular formula is C19H17BrN4O3. The van der Waals surface area contributed by atoms with E-state index in [1.165, 1.54) is 11.8 Å². The largest absolute Gasteiger partial charge is 0.464 e. The average Bonchev–Trinajstić information content (AvgIpc) is 3.06. The standard InChI is InChI=1S/C19H17BrN4O3/c1-27-19(26)17-18(21-16(25)11-13-7-9-15(20)10-8-13)24(23-22-17)12-14-5-3-2-4-6-14/h2-10H,11-12H2,1H3,(H,21,25). The molecule has 3 aromatic rings. The van der Waals surface area contributed by atoms with Crippen LogP contribution < -0.4 is 5.32 Å². The molecule has 1 amide bonds. The fourth-order valence-electron chi connectivity index (χ4n) is 2.50. The first-order chi connectivity index (χ1) is 13.1. The highest BCUT2D eigenvalue weighted by Crippen LogP contribution is 2.17. The van der Waals surface area contributed by atoms with Gasteiger partial charge in [-0.2, -0.15) is 0 Å². The van der Waals surface area contributed by atoms with Gasteiger partial charge in [0.05, 0.1) is 20.1 Å². The number of carbonyl (C=O) groups is 2. The Labute approximate surface area is 164 Å². The van der Waals surface area contributed by atoms with Gasteiger partial charge in [0.2, 0.25) is 11.6 Å². The third-order valence-electron chi connectivity index (χ3n) is 3.82. The van der Waals surface area contributed by atoms with E-state index in [1.807, 2.05) is 54.6 Å². The fraction of sp³-hybridized carbons (Fsp3) is 0.158. The minimum Gasteiger partial charge on any atom is -0.464 e. The molecule has 1 aromatic heterocycles. The average molecular weight is 429 g/mol. The summed E-state index contributed by atoms with van der Waals surface area (Å²) in [4.78, 5) is 24.5. The second-order valence-electron chi connectivity index (χ2n) is 5.77. The zero-order chi connectivity index (χ0) is 19.2. The Kier molecular flexibility index (Phi) is 5.97. The molecular weight excluding hydrogens is 412 g/mol. The van der Waals surface area contributed by atoms with Gasteiger partial charge >= 0.3 is 5.97 Å². The van der Waals surface area contributed by atoms with E-state index in [4.69, 9.17) is 4.74 Å². The number of aromatic nitrogens is 3. The number of ether oxygens (including phenoxy) is 1. The first-order valence-corrected chi connectivity index (χ1v) is 8.96. The summed E-state index contributed by atoms with van der Waals surface area (Å²) in [6, 6.07) is 17.0. The van der Waals surface area contributed by atoms with Crippen LogP contribution in [0.1, 0.15) is 21.6 Å². The zero-order valence-corrected chi connectivity index (χ0v) is 16.1. The predicted molar refractivity (Wildman–Crippen MR) is 103 cm³/mol. The molecule has 0 fully saturated rings. The lowest BCUT2D eigenvalue weighted by Crippen LogP contribution is -2.20. The first kappa shape index (κ1) is 18.8. The lowest BCUT2D eigenvalue weighted by atomic mass is 10.1. The van der Waals surface area contributed by atoms with Gasteiger partial charge in [0, 0.05) is 4.47 Å². The molecule has 0 saturated heterocycles. The topological polar surface area (TPSA) is 86.1 Å². The third-order valence-corrected chi connectivity index (χ3v) is 4.35. The maximum absolute atomic E-state index is 12.5. The van der Waals surface area contributed by atoms with Crippen molar-refractivity contribution in [1.82, 2.24) is 15.0 Å². The van der Waals surface area contributed by atoms with Crippen molar-refractivity contribution >= 4 is 33.6 Å². The number of benzene rings is 2. The molecule has 0 saturated carbocycles. The third kappa shape index (κ3) is 4.79. The van der Waals surface area contributed by atoms with Crippen LogP contribution in [-0.4, -0.2) is 34.0 Å². The number of esters is 1. The van der Waals surface area contributed by atoms with E-state index in [0.29, 0.717) is 6.54 Å². The maximum Gasteiger partial charge on any atom is 0.362 e. The van der Waals surface area contributed by atoms with Crippen molar-refractivity contribution < 1.29 is 14.3 Å². The number of rotatable bonds is 6. The van der Waals surface area contributed by atoms with Gasteiger partial charge in [-0.05, 0) is 23.3 Å². The molecule has 2 aromatic carbocycles. The van der Waals surface area contributed by atoms with Crippen LogP contribution in [0.15, 0.2) is 59.1 Å². The quantitative estimate of drug-likeness (QED) is 0.609. The smallest absolute Gasteiger partial charge is 0.362 e. The Bertz CT molecular complexity index is 939. The van der Waals surface area contributed by atoms with Crippen molar-refractivity contribution in [2.24, 2.45) is 0 Å². The fourth-order valence-corrected chi connectivity index (χ4v) is 2.77. The number of halogens is 1. The summed E-state index contributed by atoms with van der Waals surface area (Å²) >= 11 is 3.36. The van der Waals surface area contributed by atoms with E-state index in [1.54, 1.807) is 0 Å². The van der Waals surface area contributed by atoms with Gasteiger partial charge in [0.1, 0.15) is 0 Å². The van der Waals surface area contributed by atoms with Crippen LogP contribution in [0.3, 0.4) is 0 Å². The summed E-state index contributed by atoms with van der Waals surface area (Å²) in [5, 5.41) is 10.6. The van der Waals surface area contributed by atoms with Crippen molar-refractivity contribution in [2.75, 3.05) is 12.4 Å². The van der Waals surface area contributed by atoms with Crippen LogP contribution in [0.4, 0.5) is 5.82 Å². The van der Waals surface area contributed by atoms with E-state index in [2.05, 4.69) is 31.6 Å². The number of hydrogen-bond donors (Lipinski definition) is 1. The summed E-state index contributed by atoms with van der Waals surface area (Å²) in [6.07, 6.45) is 0.157. The van der Waals surface area contributed by atoms with E-state index in [-0.39, 0.29) is 23.8 Å². The summed E-state index contributed by atoms with van der Waals surface area (Å²) in [7, 11) is 1.26. The van der Waals surface area contributed by atoms with Gasteiger partial charge in [-0.1, -0.05) is 63.6 Å². The van der Waals surface area contributed by atoms with Gasteiger partial charge in [0.25, 0.3) is 0 Å². The first-order valence-electron chi connectivity index (χ1n) is 8.17. The number of anilines is 1. The normalized spacial score (nSPS) is 10.4. The highest BCUT2D eigenvalue weighted by atomic mass is 79.9. The monoisotopic (exact) mass is 428 g/mol. The molecule has 0 aliphatic carbocycles. The van der Waals surface area contributed by atoms with Gasteiger partial charge in [-0.25, -0.2) is 9.48 Å². The summed E-state index contributed by atoms with van der Waals surface area (Å²) in [5.41, 5.74) is 1.78. The Morgan fingerprint density at radius 3 is 2.44 bits per heavy atom. The maximum atomic E-state index is 12.5. The van der Waals surface area contributed by atoms with Crippen LogP contribution in [-0.2, 0) is 22.5 Å². The van der Waals surface area contributed by atoms with Crippen molar-refractivity contribution in [2.45, 2.75) is 13.0 Å². The van der Waals surface area contributed by atoms with E-state index in [9.17, 15) is 9.59 Å². The Morgan fingerprint density at radius 2 is 1.78 bits per heavy atom. The molecule has 7 nitrogen and oxygen atoms in total. The Hall–Kier alpha value is -3.00. The van der Waals surface area contributed by atoms with Crippen LogP contribution in [0.5, 0.6) is 0 Å². The summed E-state index contributed by atoms with van der Waals surface area (Å²) < 4.78 is 7.15. The molecule has 1 N–H and O–H groups in total. The molecule has 138 valence electrons. The van der Waals surface area contributed by atoms with Crippen LogP contribution >= 0.6 is 15.9 Å². The predicted octanol–water partition coefficient (Wildman–Crippen LogP) is 3.06. The van der Waals surface area contributed by atoms with E-state index < -0.39 is 5.97 Å². The highest BCUT2D eigenvalue weighted by molar-refractivity contribution is 9.10. The molecule has 27 heavy (non-hydrogen) atoms. The zero-order valence-electron chi connectivity index (χ0n) is 14.6. The molecule has 0 spiro atoms. The minimum absolute atomic E-state index is 0.0300. The van der Waals surface area contributed by atoms with Crippen LogP contribution in [0.25, 0.3) is 0 Å². The number of amides is 1. The van der Waals surface area contributed by atoms with Crippen molar-refractivity contribution in [3.8, 4) is 0 Å². The molecule has 0 unspecified atom stereocenters. The minimum atomic E-state index is -0.659. The van der Waals surface area contributed by atoms with E-state index >= 15 is 0 Å². The number of nitrogens with zero attached hydrogens (tertiary/aromatic N) is 3. The van der Waals surface area contributed by atoms with Crippen LogP contribution in [0.2, 0.25) is 0 Å². The number of carbonyl (C=O) groups excluding carboxylic acids is 2. The van der Waals surface area contributed by atoms with E-state index in [0.717, 1.165) is 15.6 Å². The molecule has 8 heteroatoms. The van der Waals surface area contributed by atoms with Crippen LogP contribution in [0, 0.1) is 0 Å². The molecule has 3 rings (SSSR count). The van der Waals surface area contributed by atoms with Crippen molar-refractivity contribution in [3.63, 3.8) is 0 Å². The van der Waals surface area contributed by atoms with Gasteiger partial charge in [-0.3, -0.25) is 4.79 Å². The lowest BCUT2D eigenvalue weighted by Gasteiger charge is -2.10. The number of hydrogen-bond acceptors (Lipinski definition) is 5. The van der Waals surface area contributed by atoms with Gasteiger partial charge in [0.15, 0.2) is 5.82 Å². The number of nitrogens with one attached hydrogen (secondary N) is 1. The molecule has 0 atom stereocenters. The highest BCUT2D eigenvalue weighted by Gasteiger charge is 2.22. The van der Waals surface area contributed by atoms with Crippen molar-refractivity contribution in [1.29, 1.82) is 0 Å². The molecule has 0 bridgehead atoms. The summed E-state index contributed by atoms with van der Waals surface area (Å²) in [5.74, 6) is -0.722. The second-order valence-corrected chi connectivity index (χ2v) is 6.69.